The molecular weight excluding hydrogens is 266 g/mol. The van der Waals surface area contributed by atoms with Crippen LogP contribution in [0, 0.1) is 0 Å². The molecule has 1 unspecified atom stereocenters. The first-order valence-corrected chi connectivity index (χ1v) is 7.65. The molecule has 21 heavy (non-hydrogen) atoms. The molecule has 1 aliphatic heterocycles. The molecule has 0 aromatic heterocycles. The van der Waals surface area contributed by atoms with Crippen LogP contribution in [0.4, 0.5) is 0 Å². The van der Waals surface area contributed by atoms with Crippen LogP contribution < -0.4 is 4.74 Å². The molecule has 1 aromatic carbocycles. The van der Waals surface area contributed by atoms with E-state index in [2.05, 4.69) is 11.0 Å². The first kappa shape index (κ1) is 16.3. The summed E-state index contributed by atoms with van der Waals surface area (Å²) in [4.78, 5) is 2.27. The Balaban J connectivity index is 2.02. The summed E-state index contributed by atoms with van der Waals surface area (Å²) in [6.45, 7) is 6.84. The van der Waals surface area contributed by atoms with E-state index in [1.165, 1.54) is 5.56 Å². The third-order valence-electron chi connectivity index (χ3n) is 3.64. The maximum absolute atomic E-state index is 10.1. The lowest BCUT2D eigenvalue weighted by Gasteiger charge is -2.30. The highest BCUT2D eigenvalue weighted by Gasteiger charge is 2.24. The summed E-state index contributed by atoms with van der Waals surface area (Å²) in [5.41, 5.74) is 0.480. The van der Waals surface area contributed by atoms with E-state index in [4.69, 9.17) is 9.47 Å². The van der Waals surface area contributed by atoms with Gasteiger partial charge in [-0.25, -0.2) is 0 Å². The first-order valence-electron chi connectivity index (χ1n) is 7.65. The first-order chi connectivity index (χ1) is 9.96. The van der Waals surface area contributed by atoms with Crippen molar-refractivity contribution in [1.82, 2.24) is 4.90 Å². The van der Waals surface area contributed by atoms with Gasteiger partial charge in [0.25, 0.3) is 0 Å². The lowest BCUT2D eigenvalue weighted by atomic mass is 10.1. The van der Waals surface area contributed by atoms with Crippen molar-refractivity contribution in [2.75, 3.05) is 26.8 Å². The van der Waals surface area contributed by atoms with E-state index in [-0.39, 0.29) is 6.10 Å². The number of benzene rings is 1. The minimum absolute atomic E-state index is 0.290. The number of aliphatic hydroxyl groups is 1. The molecule has 4 nitrogen and oxygen atoms in total. The molecule has 0 radical (unpaired) electrons. The van der Waals surface area contributed by atoms with Gasteiger partial charge in [-0.1, -0.05) is 12.1 Å². The Hall–Kier alpha value is -1.10. The van der Waals surface area contributed by atoms with Crippen molar-refractivity contribution in [3.05, 3.63) is 29.8 Å². The van der Waals surface area contributed by atoms with Gasteiger partial charge in [-0.15, -0.1) is 0 Å². The fraction of sp³-hybridized carbons (Fsp3) is 0.647. The van der Waals surface area contributed by atoms with Crippen molar-refractivity contribution in [3.63, 3.8) is 0 Å². The third kappa shape index (κ3) is 5.65. The summed E-state index contributed by atoms with van der Waals surface area (Å²) < 4.78 is 11.0. The molecule has 118 valence electrons. The molecule has 1 atom stereocenters. The van der Waals surface area contributed by atoms with Crippen molar-refractivity contribution in [2.24, 2.45) is 0 Å². The van der Waals surface area contributed by atoms with E-state index >= 15 is 0 Å². The van der Waals surface area contributed by atoms with E-state index in [0.29, 0.717) is 6.54 Å². The summed E-state index contributed by atoms with van der Waals surface area (Å²) in [6.07, 6.45) is 2.54. The number of hydrogen-bond donors (Lipinski definition) is 1. The van der Waals surface area contributed by atoms with Crippen molar-refractivity contribution in [1.29, 1.82) is 0 Å². The van der Waals surface area contributed by atoms with E-state index in [0.717, 1.165) is 38.3 Å². The van der Waals surface area contributed by atoms with Gasteiger partial charge in [-0.2, -0.15) is 0 Å². The molecule has 0 saturated carbocycles. The Bertz CT molecular complexity index is 436. The summed E-state index contributed by atoms with van der Waals surface area (Å²) in [5.74, 6) is 0.868. The SMILES string of the molecule is COc1cccc(CN(CC2CCCO2)CC(C)(C)O)c1. The highest BCUT2D eigenvalue weighted by molar-refractivity contribution is 5.28. The van der Waals surface area contributed by atoms with Crippen molar-refractivity contribution >= 4 is 0 Å². The van der Waals surface area contributed by atoms with Gasteiger partial charge in [-0.3, -0.25) is 4.90 Å². The Morgan fingerprint density at radius 1 is 1.43 bits per heavy atom. The minimum Gasteiger partial charge on any atom is -0.497 e. The monoisotopic (exact) mass is 293 g/mol. The van der Waals surface area contributed by atoms with Gasteiger partial charge in [0.2, 0.25) is 0 Å². The molecule has 1 aliphatic rings. The zero-order valence-electron chi connectivity index (χ0n) is 13.3. The Morgan fingerprint density at radius 3 is 2.86 bits per heavy atom. The third-order valence-corrected chi connectivity index (χ3v) is 3.64. The van der Waals surface area contributed by atoms with Gasteiger partial charge in [0.1, 0.15) is 5.75 Å². The molecule has 1 saturated heterocycles. The molecule has 0 bridgehead atoms. The van der Waals surface area contributed by atoms with Gasteiger partial charge in [-0.05, 0) is 44.4 Å². The molecule has 2 rings (SSSR count). The van der Waals surface area contributed by atoms with Crippen LogP contribution in [0.15, 0.2) is 24.3 Å². The van der Waals surface area contributed by atoms with Crippen LogP contribution in [0.5, 0.6) is 5.75 Å². The largest absolute Gasteiger partial charge is 0.497 e. The van der Waals surface area contributed by atoms with Crippen LogP contribution in [0.1, 0.15) is 32.3 Å². The van der Waals surface area contributed by atoms with Gasteiger partial charge in [0, 0.05) is 26.2 Å². The second kappa shape index (κ2) is 7.25. The predicted molar refractivity (Wildman–Crippen MR) is 83.5 cm³/mol. The summed E-state index contributed by atoms with van der Waals surface area (Å²) in [7, 11) is 1.68. The average Bonchev–Trinajstić information content (AvgIpc) is 2.90. The Kier molecular flexibility index (Phi) is 5.62. The van der Waals surface area contributed by atoms with Crippen LogP contribution in [0.25, 0.3) is 0 Å². The van der Waals surface area contributed by atoms with Gasteiger partial charge < -0.3 is 14.6 Å². The minimum atomic E-state index is -0.711. The van der Waals surface area contributed by atoms with E-state index in [1.807, 2.05) is 32.0 Å². The van der Waals surface area contributed by atoms with Crippen LogP contribution >= 0.6 is 0 Å². The van der Waals surface area contributed by atoms with E-state index < -0.39 is 5.60 Å². The Morgan fingerprint density at radius 2 is 2.24 bits per heavy atom. The lowest BCUT2D eigenvalue weighted by Crippen LogP contribution is -2.41. The fourth-order valence-corrected chi connectivity index (χ4v) is 2.84. The van der Waals surface area contributed by atoms with Crippen LogP contribution in [-0.4, -0.2) is 48.5 Å². The average molecular weight is 293 g/mol. The van der Waals surface area contributed by atoms with Crippen molar-refractivity contribution in [2.45, 2.75) is 44.9 Å². The second-order valence-corrected chi connectivity index (χ2v) is 6.47. The van der Waals surface area contributed by atoms with Crippen LogP contribution in [0.2, 0.25) is 0 Å². The van der Waals surface area contributed by atoms with Gasteiger partial charge in [0.05, 0.1) is 18.8 Å². The predicted octanol–water partition coefficient (Wildman–Crippen LogP) is 2.45. The normalized spacial score (nSPS) is 19.2. The molecule has 1 aromatic rings. The highest BCUT2D eigenvalue weighted by Crippen LogP contribution is 2.19. The molecule has 1 N–H and O–H groups in total. The zero-order chi connectivity index (χ0) is 15.3. The van der Waals surface area contributed by atoms with E-state index in [9.17, 15) is 5.11 Å². The van der Waals surface area contributed by atoms with Crippen LogP contribution in [0.3, 0.4) is 0 Å². The topological polar surface area (TPSA) is 41.9 Å². The number of nitrogens with zero attached hydrogens (tertiary/aromatic N) is 1. The standard InChI is InChI=1S/C17H27NO3/c1-17(2,19)13-18(12-16-8-5-9-21-16)11-14-6-4-7-15(10-14)20-3/h4,6-7,10,16,19H,5,8-9,11-13H2,1-3H3. The summed E-state index contributed by atoms with van der Waals surface area (Å²) in [6, 6.07) is 8.09. The van der Waals surface area contributed by atoms with Crippen LogP contribution in [-0.2, 0) is 11.3 Å². The van der Waals surface area contributed by atoms with Crippen molar-refractivity contribution < 1.29 is 14.6 Å². The number of methoxy groups -OCH3 is 1. The molecule has 0 aliphatic carbocycles. The van der Waals surface area contributed by atoms with Gasteiger partial charge >= 0.3 is 0 Å². The number of hydrogen-bond acceptors (Lipinski definition) is 4. The lowest BCUT2D eigenvalue weighted by molar-refractivity contribution is 0.00879. The molecule has 1 heterocycles. The number of rotatable bonds is 7. The highest BCUT2D eigenvalue weighted by atomic mass is 16.5. The van der Waals surface area contributed by atoms with Gasteiger partial charge in [0.15, 0.2) is 0 Å². The smallest absolute Gasteiger partial charge is 0.119 e. The fourth-order valence-electron chi connectivity index (χ4n) is 2.84. The number of ether oxygens (including phenoxy) is 2. The summed E-state index contributed by atoms with van der Waals surface area (Å²) >= 11 is 0. The van der Waals surface area contributed by atoms with Crippen molar-refractivity contribution in [3.8, 4) is 5.75 Å². The summed E-state index contributed by atoms with van der Waals surface area (Å²) in [5, 5.41) is 10.1. The molecule has 0 spiro atoms. The zero-order valence-corrected chi connectivity index (χ0v) is 13.3. The molecule has 1 fully saturated rings. The molecule has 4 heteroatoms. The maximum atomic E-state index is 10.1. The quantitative estimate of drug-likeness (QED) is 0.838. The Labute approximate surface area is 127 Å². The molecular formula is C17H27NO3. The van der Waals surface area contributed by atoms with E-state index in [1.54, 1.807) is 7.11 Å². The second-order valence-electron chi connectivity index (χ2n) is 6.47. The molecule has 0 amide bonds. The maximum Gasteiger partial charge on any atom is 0.119 e.